The smallest absolute Gasteiger partial charge is 0.258 e. The predicted octanol–water partition coefficient (Wildman–Crippen LogP) is 2.18. The standard InChI is InChI=1S/C20H23FN2O5S/c21-18-5-1-2-6-19(18)28-15-20(24)22-11-14-27-16-7-9-17(10-8-16)29(25,26)23-12-3-4-13-23/h1-2,5-10H,3-4,11-15H2,(H,22,24). The average molecular weight is 422 g/mol. The zero-order valence-electron chi connectivity index (χ0n) is 15.8. The van der Waals surface area contributed by atoms with E-state index in [0.29, 0.717) is 18.8 Å². The second-order valence-electron chi connectivity index (χ2n) is 6.50. The van der Waals surface area contributed by atoms with Gasteiger partial charge < -0.3 is 14.8 Å². The minimum atomic E-state index is -3.44. The molecule has 0 radical (unpaired) electrons. The van der Waals surface area contributed by atoms with E-state index in [2.05, 4.69) is 5.32 Å². The van der Waals surface area contributed by atoms with Crippen LogP contribution < -0.4 is 14.8 Å². The molecule has 7 nitrogen and oxygen atoms in total. The Balaban J connectivity index is 1.39. The van der Waals surface area contributed by atoms with E-state index < -0.39 is 21.7 Å². The Bertz CT molecular complexity index is 928. The van der Waals surface area contributed by atoms with Crippen LogP contribution in [0.15, 0.2) is 53.4 Å². The van der Waals surface area contributed by atoms with E-state index >= 15 is 0 Å². The highest BCUT2D eigenvalue weighted by atomic mass is 32.2. The quantitative estimate of drug-likeness (QED) is 0.626. The lowest BCUT2D eigenvalue weighted by atomic mass is 10.3. The van der Waals surface area contributed by atoms with Gasteiger partial charge in [-0.1, -0.05) is 12.1 Å². The monoisotopic (exact) mass is 422 g/mol. The Morgan fingerprint density at radius 2 is 1.72 bits per heavy atom. The van der Waals surface area contributed by atoms with Gasteiger partial charge in [-0.05, 0) is 49.2 Å². The van der Waals surface area contributed by atoms with Gasteiger partial charge in [-0.2, -0.15) is 4.31 Å². The fourth-order valence-electron chi connectivity index (χ4n) is 2.90. The number of hydrogen-bond acceptors (Lipinski definition) is 5. The highest BCUT2D eigenvalue weighted by Gasteiger charge is 2.26. The number of halogens is 1. The van der Waals surface area contributed by atoms with Gasteiger partial charge in [0.25, 0.3) is 5.91 Å². The molecular formula is C20H23FN2O5S. The molecule has 0 unspecified atom stereocenters. The lowest BCUT2D eigenvalue weighted by Crippen LogP contribution is -2.32. The van der Waals surface area contributed by atoms with Gasteiger partial charge in [0, 0.05) is 13.1 Å². The van der Waals surface area contributed by atoms with Crippen LogP contribution in [-0.2, 0) is 14.8 Å². The first-order chi connectivity index (χ1) is 14.0. The summed E-state index contributed by atoms with van der Waals surface area (Å²) >= 11 is 0. The SMILES string of the molecule is O=C(COc1ccccc1F)NCCOc1ccc(S(=O)(=O)N2CCCC2)cc1. The summed E-state index contributed by atoms with van der Waals surface area (Å²) in [7, 11) is -3.44. The molecule has 1 fully saturated rings. The topological polar surface area (TPSA) is 84.9 Å². The van der Waals surface area contributed by atoms with Crippen molar-refractivity contribution in [2.45, 2.75) is 17.7 Å². The molecule has 9 heteroatoms. The van der Waals surface area contributed by atoms with Crippen molar-refractivity contribution < 1.29 is 27.1 Å². The minimum absolute atomic E-state index is 0.0165. The summed E-state index contributed by atoms with van der Waals surface area (Å²) in [6, 6.07) is 12.1. The van der Waals surface area contributed by atoms with Crippen LogP contribution in [0.3, 0.4) is 0 Å². The van der Waals surface area contributed by atoms with Crippen LogP contribution in [0.5, 0.6) is 11.5 Å². The molecule has 1 N–H and O–H groups in total. The highest BCUT2D eigenvalue weighted by Crippen LogP contribution is 2.22. The third kappa shape index (κ3) is 5.68. The zero-order valence-corrected chi connectivity index (χ0v) is 16.7. The van der Waals surface area contributed by atoms with Crippen molar-refractivity contribution in [2.24, 2.45) is 0 Å². The Kier molecular flexibility index (Phi) is 7.05. The zero-order chi connectivity index (χ0) is 20.7. The molecule has 29 heavy (non-hydrogen) atoms. The molecule has 0 spiro atoms. The van der Waals surface area contributed by atoms with Crippen LogP contribution in [0.4, 0.5) is 4.39 Å². The molecule has 0 aromatic heterocycles. The maximum Gasteiger partial charge on any atom is 0.258 e. The van der Waals surface area contributed by atoms with E-state index in [4.69, 9.17) is 9.47 Å². The molecule has 1 amide bonds. The number of rotatable bonds is 9. The normalized spacial score (nSPS) is 14.5. The highest BCUT2D eigenvalue weighted by molar-refractivity contribution is 7.89. The molecular weight excluding hydrogens is 399 g/mol. The number of amides is 1. The van der Waals surface area contributed by atoms with Crippen molar-refractivity contribution in [3.05, 3.63) is 54.3 Å². The first-order valence-corrected chi connectivity index (χ1v) is 10.8. The Hall–Kier alpha value is -2.65. The summed E-state index contributed by atoms with van der Waals surface area (Å²) in [5, 5.41) is 2.60. The second kappa shape index (κ2) is 9.71. The molecule has 1 aliphatic rings. The van der Waals surface area contributed by atoms with Gasteiger partial charge in [-0.3, -0.25) is 4.79 Å². The Labute approximate surface area is 169 Å². The summed E-state index contributed by atoms with van der Waals surface area (Å²) in [5.74, 6) is -0.409. The third-order valence-corrected chi connectivity index (χ3v) is 6.33. The van der Waals surface area contributed by atoms with Crippen LogP contribution >= 0.6 is 0 Å². The maximum absolute atomic E-state index is 13.4. The van der Waals surface area contributed by atoms with Crippen molar-refractivity contribution in [3.63, 3.8) is 0 Å². The minimum Gasteiger partial charge on any atom is -0.492 e. The molecule has 0 bridgehead atoms. The largest absolute Gasteiger partial charge is 0.492 e. The third-order valence-electron chi connectivity index (χ3n) is 4.41. The molecule has 1 saturated heterocycles. The lowest BCUT2D eigenvalue weighted by molar-refractivity contribution is -0.123. The number of ether oxygens (including phenoxy) is 2. The molecule has 1 heterocycles. The maximum atomic E-state index is 13.4. The number of benzene rings is 2. The van der Waals surface area contributed by atoms with E-state index in [-0.39, 0.29) is 30.4 Å². The fourth-order valence-corrected chi connectivity index (χ4v) is 4.42. The van der Waals surface area contributed by atoms with Crippen molar-refractivity contribution >= 4 is 15.9 Å². The van der Waals surface area contributed by atoms with Gasteiger partial charge >= 0.3 is 0 Å². The average Bonchev–Trinajstić information content (AvgIpc) is 3.27. The number of hydrogen-bond donors (Lipinski definition) is 1. The van der Waals surface area contributed by atoms with Gasteiger partial charge in [-0.25, -0.2) is 12.8 Å². The van der Waals surface area contributed by atoms with Gasteiger partial charge in [-0.15, -0.1) is 0 Å². The lowest BCUT2D eigenvalue weighted by Gasteiger charge is -2.15. The first-order valence-electron chi connectivity index (χ1n) is 9.34. The van der Waals surface area contributed by atoms with Crippen molar-refractivity contribution in [1.82, 2.24) is 9.62 Å². The molecule has 0 saturated carbocycles. The Morgan fingerprint density at radius 3 is 2.41 bits per heavy atom. The van der Waals surface area contributed by atoms with E-state index in [9.17, 15) is 17.6 Å². The Morgan fingerprint density at radius 1 is 1.03 bits per heavy atom. The molecule has 3 rings (SSSR count). The van der Waals surface area contributed by atoms with Crippen LogP contribution in [-0.4, -0.2) is 51.5 Å². The van der Waals surface area contributed by atoms with Crippen molar-refractivity contribution in [1.29, 1.82) is 0 Å². The van der Waals surface area contributed by atoms with Crippen molar-refractivity contribution in [3.8, 4) is 11.5 Å². The number of nitrogens with one attached hydrogen (secondary N) is 1. The number of carbonyl (C=O) groups is 1. The van der Waals surface area contributed by atoms with Crippen molar-refractivity contribution in [2.75, 3.05) is 32.8 Å². The number of nitrogens with zero attached hydrogens (tertiary/aromatic N) is 1. The first kappa shape index (κ1) is 21.1. The second-order valence-corrected chi connectivity index (χ2v) is 8.44. The van der Waals surface area contributed by atoms with Crippen LogP contribution in [0.1, 0.15) is 12.8 Å². The van der Waals surface area contributed by atoms with Gasteiger partial charge in [0.2, 0.25) is 10.0 Å². The van der Waals surface area contributed by atoms with E-state index in [1.54, 1.807) is 18.2 Å². The van der Waals surface area contributed by atoms with Gasteiger partial charge in [0.1, 0.15) is 12.4 Å². The summed E-state index contributed by atoms with van der Waals surface area (Å²) in [6.07, 6.45) is 1.77. The number of para-hydroxylation sites is 1. The molecule has 1 aliphatic heterocycles. The van der Waals surface area contributed by atoms with E-state index in [1.807, 2.05) is 0 Å². The van der Waals surface area contributed by atoms with E-state index in [0.717, 1.165) is 12.8 Å². The van der Waals surface area contributed by atoms with Crippen LogP contribution in [0, 0.1) is 5.82 Å². The molecule has 2 aromatic rings. The fraction of sp³-hybridized carbons (Fsp3) is 0.350. The van der Waals surface area contributed by atoms with Crippen LogP contribution in [0.2, 0.25) is 0 Å². The van der Waals surface area contributed by atoms with Crippen LogP contribution in [0.25, 0.3) is 0 Å². The van der Waals surface area contributed by atoms with E-state index in [1.165, 1.54) is 34.6 Å². The summed E-state index contributed by atoms with van der Waals surface area (Å²) < 4.78 is 50.5. The summed E-state index contributed by atoms with van der Waals surface area (Å²) in [5.41, 5.74) is 0. The predicted molar refractivity (Wildman–Crippen MR) is 105 cm³/mol. The molecule has 0 aliphatic carbocycles. The van der Waals surface area contributed by atoms with Gasteiger partial charge in [0.05, 0.1) is 11.4 Å². The van der Waals surface area contributed by atoms with Gasteiger partial charge in [0.15, 0.2) is 18.2 Å². The molecule has 0 atom stereocenters. The molecule has 2 aromatic carbocycles. The number of sulfonamides is 1. The summed E-state index contributed by atoms with van der Waals surface area (Å²) in [4.78, 5) is 12.0. The summed E-state index contributed by atoms with van der Waals surface area (Å²) in [6.45, 7) is 1.24. The number of carbonyl (C=O) groups excluding carboxylic acids is 1. The molecule has 156 valence electrons.